The molecular formula is C25H34F2N6O3. The summed E-state index contributed by atoms with van der Waals surface area (Å²) in [5, 5.41) is 7.40. The predicted octanol–water partition coefficient (Wildman–Crippen LogP) is 2.33. The summed E-state index contributed by atoms with van der Waals surface area (Å²) in [6.07, 6.45) is 3.90. The van der Waals surface area contributed by atoms with Gasteiger partial charge >= 0.3 is 6.55 Å². The first-order valence-electron chi connectivity index (χ1n) is 12.7. The first-order chi connectivity index (χ1) is 17.3. The number of ether oxygens (including phenoxy) is 1. The Labute approximate surface area is 209 Å². The smallest absolute Gasteiger partial charge is 0.333 e. The van der Waals surface area contributed by atoms with Gasteiger partial charge < -0.3 is 15.0 Å². The molecule has 0 aliphatic carbocycles. The van der Waals surface area contributed by atoms with Gasteiger partial charge in [0.2, 0.25) is 5.91 Å². The molecule has 3 aliphatic heterocycles. The molecule has 196 valence electrons. The Hall–Kier alpha value is -2.79. The second-order valence-electron chi connectivity index (χ2n) is 10.1. The molecule has 0 radical (unpaired) electrons. The average molecular weight is 505 g/mol. The van der Waals surface area contributed by atoms with E-state index in [0.717, 1.165) is 65.0 Å². The van der Waals surface area contributed by atoms with Crippen LogP contribution in [0.15, 0.2) is 18.2 Å². The number of halogens is 2. The van der Waals surface area contributed by atoms with Crippen molar-refractivity contribution in [2.45, 2.75) is 57.3 Å². The molecule has 36 heavy (non-hydrogen) atoms. The number of amides is 2. The second-order valence-corrected chi connectivity index (χ2v) is 10.1. The lowest BCUT2D eigenvalue weighted by molar-refractivity contribution is -0.130. The van der Waals surface area contributed by atoms with Crippen LogP contribution >= 0.6 is 0 Å². The van der Waals surface area contributed by atoms with Gasteiger partial charge in [0.1, 0.15) is 5.75 Å². The number of fused-ring (bicyclic) bond motifs is 3. The lowest BCUT2D eigenvalue weighted by Crippen LogP contribution is -2.54. The van der Waals surface area contributed by atoms with Crippen LogP contribution in [0, 0.1) is 0 Å². The molecule has 4 heterocycles. The molecule has 2 bridgehead atoms. The monoisotopic (exact) mass is 504 g/mol. The topological polar surface area (TPSA) is 82.9 Å². The SMILES string of the molecule is COc1ccc2c(c1)c(C(=O)NC1CC3CCC(C1)N3CCN1CCN(C(C)=O)CC1)nn2C(F)F. The van der Waals surface area contributed by atoms with Gasteiger partial charge in [0, 0.05) is 69.7 Å². The fourth-order valence-electron chi connectivity index (χ4n) is 6.12. The van der Waals surface area contributed by atoms with Crippen LogP contribution in [-0.2, 0) is 4.79 Å². The highest BCUT2D eigenvalue weighted by atomic mass is 19.3. The van der Waals surface area contributed by atoms with E-state index in [9.17, 15) is 18.4 Å². The van der Waals surface area contributed by atoms with E-state index in [1.807, 2.05) is 4.90 Å². The minimum absolute atomic E-state index is 0.00341. The molecule has 2 aromatic rings. The first kappa shape index (κ1) is 24.9. The van der Waals surface area contributed by atoms with Crippen molar-refractivity contribution in [1.82, 2.24) is 29.8 Å². The minimum atomic E-state index is -2.84. The normalized spacial score (nSPS) is 25.0. The Morgan fingerprint density at radius 2 is 1.81 bits per heavy atom. The second kappa shape index (κ2) is 10.3. The molecule has 1 aromatic heterocycles. The Bertz CT molecular complexity index is 1100. The maximum absolute atomic E-state index is 13.5. The number of hydrogen-bond acceptors (Lipinski definition) is 6. The van der Waals surface area contributed by atoms with Crippen molar-refractivity contribution in [2.24, 2.45) is 0 Å². The van der Waals surface area contributed by atoms with Gasteiger partial charge in [0.25, 0.3) is 5.91 Å². The van der Waals surface area contributed by atoms with Crippen molar-refractivity contribution >= 4 is 22.7 Å². The molecule has 3 fully saturated rings. The highest BCUT2D eigenvalue weighted by molar-refractivity contribution is 6.05. The van der Waals surface area contributed by atoms with E-state index in [4.69, 9.17) is 4.74 Å². The highest BCUT2D eigenvalue weighted by Gasteiger charge is 2.41. The van der Waals surface area contributed by atoms with Gasteiger partial charge in [-0.3, -0.25) is 19.4 Å². The molecule has 5 rings (SSSR count). The lowest BCUT2D eigenvalue weighted by atomic mass is 9.97. The fraction of sp³-hybridized carbons (Fsp3) is 0.640. The lowest BCUT2D eigenvalue weighted by Gasteiger charge is -2.41. The van der Waals surface area contributed by atoms with E-state index in [2.05, 4.69) is 20.2 Å². The van der Waals surface area contributed by atoms with Gasteiger partial charge in [-0.1, -0.05) is 0 Å². The zero-order chi connectivity index (χ0) is 25.4. The summed E-state index contributed by atoms with van der Waals surface area (Å²) in [4.78, 5) is 31.6. The summed E-state index contributed by atoms with van der Waals surface area (Å²) in [5.41, 5.74) is 0.207. The number of nitrogens with zero attached hydrogens (tertiary/aromatic N) is 5. The van der Waals surface area contributed by atoms with E-state index in [0.29, 0.717) is 27.9 Å². The number of piperidine rings is 1. The van der Waals surface area contributed by atoms with Crippen LogP contribution in [0.2, 0.25) is 0 Å². The van der Waals surface area contributed by atoms with Crippen LogP contribution in [0.4, 0.5) is 8.78 Å². The standard InChI is InChI=1S/C25H34F2N6O3/c1-16(34)31-10-7-30(8-11-31)9-12-32-18-3-4-19(32)14-17(13-18)28-24(35)23-21-15-20(36-2)5-6-22(21)33(29-23)25(26)27/h5-6,15,17-19,25H,3-4,7-14H2,1-2H3,(H,28,35). The summed E-state index contributed by atoms with van der Waals surface area (Å²) in [5.74, 6) is 0.207. The summed E-state index contributed by atoms with van der Waals surface area (Å²) < 4.78 is 32.9. The quantitative estimate of drug-likeness (QED) is 0.623. The fourth-order valence-corrected chi connectivity index (χ4v) is 6.12. The Morgan fingerprint density at radius 1 is 1.11 bits per heavy atom. The summed E-state index contributed by atoms with van der Waals surface area (Å²) >= 11 is 0. The highest BCUT2D eigenvalue weighted by Crippen LogP contribution is 2.36. The van der Waals surface area contributed by atoms with Crippen molar-refractivity contribution in [3.8, 4) is 5.75 Å². The number of methoxy groups -OCH3 is 1. The molecular weight excluding hydrogens is 470 g/mol. The van der Waals surface area contributed by atoms with Crippen molar-refractivity contribution in [3.05, 3.63) is 23.9 Å². The van der Waals surface area contributed by atoms with Crippen LogP contribution in [-0.4, -0.2) is 101 Å². The number of rotatable bonds is 7. The van der Waals surface area contributed by atoms with E-state index in [1.54, 1.807) is 19.1 Å². The maximum Gasteiger partial charge on any atom is 0.333 e. The number of benzene rings is 1. The molecule has 11 heteroatoms. The molecule has 3 aliphatic rings. The number of piperazine rings is 1. The molecule has 2 atom stereocenters. The Kier molecular flexibility index (Phi) is 7.11. The molecule has 0 spiro atoms. The number of nitrogens with one attached hydrogen (secondary N) is 1. The van der Waals surface area contributed by atoms with Gasteiger partial charge in [-0.15, -0.1) is 0 Å². The van der Waals surface area contributed by atoms with E-state index in [-0.39, 0.29) is 23.2 Å². The van der Waals surface area contributed by atoms with Gasteiger partial charge in [-0.2, -0.15) is 13.9 Å². The summed E-state index contributed by atoms with van der Waals surface area (Å²) in [6.45, 7) is 4.15. The van der Waals surface area contributed by atoms with Crippen LogP contribution < -0.4 is 10.1 Å². The predicted molar refractivity (Wildman–Crippen MR) is 130 cm³/mol. The maximum atomic E-state index is 13.5. The van der Waals surface area contributed by atoms with Crippen molar-refractivity contribution in [3.63, 3.8) is 0 Å². The molecule has 0 saturated carbocycles. The van der Waals surface area contributed by atoms with Crippen LogP contribution in [0.25, 0.3) is 10.9 Å². The number of carbonyl (C=O) groups is 2. The third kappa shape index (κ3) is 4.90. The molecule has 2 unspecified atom stereocenters. The zero-order valence-corrected chi connectivity index (χ0v) is 20.8. The van der Waals surface area contributed by atoms with Gasteiger partial charge in [0.15, 0.2) is 5.69 Å². The van der Waals surface area contributed by atoms with E-state index >= 15 is 0 Å². The minimum Gasteiger partial charge on any atom is -0.497 e. The third-order valence-corrected chi connectivity index (χ3v) is 8.02. The number of hydrogen-bond donors (Lipinski definition) is 1. The summed E-state index contributed by atoms with van der Waals surface area (Å²) in [6, 6.07) is 5.47. The average Bonchev–Trinajstić information content (AvgIpc) is 3.36. The van der Waals surface area contributed by atoms with Crippen LogP contribution in [0.5, 0.6) is 5.75 Å². The zero-order valence-electron chi connectivity index (χ0n) is 20.8. The molecule has 1 N–H and O–H groups in total. The molecule has 9 nitrogen and oxygen atoms in total. The van der Waals surface area contributed by atoms with E-state index in [1.165, 1.54) is 13.2 Å². The molecule has 2 amide bonds. The Morgan fingerprint density at radius 3 is 2.42 bits per heavy atom. The Balaban J connectivity index is 1.20. The third-order valence-electron chi connectivity index (χ3n) is 8.02. The van der Waals surface area contributed by atoms with Gasteiger partial charge in [0.05, 0.1) is 12.6 Å². The number of alkyl halides is 2. The molecule has 1 aromatic carbocycles. The number of aromatic nitrogens is 2. The summed E-state index contributed by atoms with van der Waals surface area (Å²) in [7, 11) is 1.49. The van der Waals surface area contributed by atoms with Gasteiger partial charge in [-0.25, -0.2) is 4.68 Å². The van der Waals surface area contributed by atoms with Crippen molar-refractivity contribution in [2.75, 3.05) is 46.4 Å². The first-order valence-corrected chi connectivity index (χ1v) is 12.7. The molecule has 3 saturated heterocycles. The van der Waals surface area contributed by atoms with Gasteiger partial charge in [-0.05, 0) is 43.9 Å². The number of carbonyl (C=O) groups excluding carboxylic acids is 2. The van der Waals surface area contributed by atoms with Crippen molar-refractivity contribution in [1.29, 1.82) is 0 Å². The van der Waals surface area contributed by atoms with Crippen LogP contribution in [0.3, 0.4) is 0 Å². The van der Waals surface area contributed by atoms with E-state index < -0.39 is 12.5 Å². The van der Waals surface area contributed by atoms with Crippen LogP contribution in [0.1, 0.15) is 49.6 Å². The van der Waals surface area contributed by atoms with Crippen molar-refractivity contribution < 1.29 is 23.1 Å². The largest absolute Gasteiger partial charge is 0.497 e.